The molecule has 2 aromatic rings. The lowest BCUT2D eigenvalue weighted by atomic mass is 10.2. The van der Waals surface area contributed by atoms with Crippen molar-refractivity contribution in [2.24, 2.45) is 0 Å². The Hall–Kier alpha value is -2.50. The monoisotopic (exact) mass is 290 g/mol. The van der Waals surface area contributed by atoms with Crippen LogP contribution in [0.2, 0.25) is 0 Å². The van der Waals surface area contributed by atoms with Gasteiger partial charge in [0.1, 0.15) is 11.3 Å². The highest BCUT2D eigenvalue weighted by Gasteiger charge is 2.20. The summed E-state index contributed by atoms with van der Waals surface area (Å²) in [5.41, 5.74) is 1.08. The number of carbonyl (C=O) groups excluding carboxylic acids is 2. The average Bonchev–Trinajstić information content (AvgIpc) is 3.03. The van der Waals surface area contributed by atoms with Crippen molar-refractivity contribution in [3.8, 4) is 11.3 Å². The molecule has 0 saturated carbocycles. The molecule has 2 rings (SSSR count). The number of hydrogen-bond acceptors (Lipinski definition) is 4. The number of nitrogens with zero attached hydrogens (tertiary/aromatic N) is 1. The van der Waals surface area contributed by atoms with E-state index >= 15 is 0 Å². The maximum absolute atomic E-state index is 12.2. The third-order valence-corrected chi connectivity index (χ3v) is 2.72. The molecule has 0 aliphatic heterocycles. The number of carbonyl (C=O) groups is 2. The van der Waals surface area contributed by atoms with Crippen LogP contribution in [0.3, 0.4) is 0 Å². The van der Waals surface area contributed by atoms with E-state index in [4.69, 9.17) is 4.74 Å². The number of rotatable bonds is 2. The number of ether oxygens (including phenoxy) is 2. The smallest absolute Gasteiger partial charge is 0.418 e. The van der Waals surface area contributed by atoms with Crippen molar-refractivity contribution in [2.75, 3.05) is 7.11 Å². The second-order valence-electron chi connectivity index (χ2n) is 5.54. The van der Waals surface area contributed by atoms with Crippen LogP contribution in [0.25, 0.3) is 11.3 Å². The SMILES string of the molecule is COC(=O)c1cc(-c2cccn2C(=O)OC(C)(C)C)c[nH]1. The molecule has 112 valence electrons. The molecular weight excluding hydrogens is 272 g/mol. The van der Waals surface area contributed by atoms with Crippen LogP contribution in [0, 0.1) is 0 Å². The highest BCUT2D eigenvalue weighted by molar-refractivity contribution is 5.89. The molecule has 0 atom stereocenters. The Balaban J connectivity index is 2.30. The third kappa shape index (κ3) is 3.34. The maximum Gasteiger partial charge on any atom is 0.418 e. The quantitative estimate of drug-likeness (QED) is 0.863. The second-order valence-corrected chi connectivity index (χ2v) is 5.54. The first-order valence-corrected chi connectivity index (χ1v) is 6.49. The zero-order chi connectivity index (χ0) is 15.6. The van der Waals surface area contributed by atoms with Crippen molar-refractivity contribution >= 4 is 12.1 Å². The molecule has 0 saturated heterocycles. The Bertz CT molecular complexity index is 661. The Labute approximate surface area is 122 Å². The average molecular weight is 290 g/mol. The van der Waals surface area contributed by atoms with Crippen molar-refractivity contribution < 1.29 is 19.1 Å². The van der Waals surface area contributed by atoms with E-state index in [2.05, 4.69) is 9.72 Å². The lowest BCUT2D eigenvalue weighted by Crippen LogP contribution is -2.27. The zero-order valence-corrected chi connectivity index (χ0v) is 12.5. The topological polar surface area (TPSA) is 73.3 Å². The lowest BCUT2D eigenvalue weighted by molar-refractivity contribution is 0.0538. The van der Waals surface area contributed by atoms with E-state index in [1.165, 1.54) is 11.7 Å². The first kappa shape index (κ1) is 14.9. The highest BCUT2D eigenvalue weighted by atomic mass is 16.6. The number of esters is 1. The molecule has 21 heavy (non-hydrogen) atoms. The Morgan fingerprint density at radius 1 is 1.29 bits per heavy atom. The van der Waals surface area contributed by atoms with Gasteiger partial charge in [0.2, 0.25) is 0 Å². The molecule has 0 aromatic carbocycles. The highest BCUT2D eigenvalue weighted by Crippen LogP contribution is 2.22. The van der Waals surface area contributed by atoms with Gasteiger partial charge >= 0.3 is 12.1 Å². The first-order chi connectivity index (χ1) is 9.81. The largest absolute Gasteiger partial charge is 0.464 e. The van der Waals surface area contributed by atoms with Crippen LogP contribution in [-0.2, 0) is 9.47 Å². The molecule has 6 heteroatoms. The van der Waals surface area contributed by atoms with Gasteiger partial charge in [0.05, 0.1) is 12.8 Å². The number of hydrogen-bond donors (Lipinski definition) is 1. The van der Waals surface area contributed by atoms with Crippen molar-refractivity contribution in [3.63, 3.8) is 0 Å². The van der Waals surface area contributed by atoms with E-state index in [1.54, 1.807) is 51.4 Å². The predicted octanol–water partition coefficient (Wildman–Crippen LogP) is 3.05. The molecule has 0 aliphatic rings. The summed E-state index contributed by atoms with van der Waals surface area (Å²) >= 11 is 0. The van der Waals surface area contributed by atoms with Gasteiger partial charge in [0.25, 0.3) is 0 Å². The predicted molar refractivity (Wildman–Crippen MR) is 77.2 cm³/mol. The minimum absolute atomic E-state index is 0.324. The third-order valence-electron chi connectivity index (χ3n) is 2.72. The Morgan fingerprint density at radius 2 is 2.00 bits per heavy atom. The Morgan fingerprint density at radius 3 is 2.62 bits per heavy atom. The minimum Gasteiger partial charge on any atom is -0.464 e. The lowest BCUT2D eigenvalue weighted by Gasteiger charge is -2.20. The summed E-state index contributed by atoms with van der Waals surface area (Å²) < 4.78 is 11.4. The molecule has 0 fully saturated rings. The second kappa shape index (κ2) is 5.47. The summed E-state index contributed by atoms with van der Waals surface area (Å²) in [4.78, 5) is 26.4. The summed E-state index contributed by atoms with van der Waals surface area (Å²) in [5.74, 6) is -0.461. The van der Waals surface area contributed by atoms with E-state index < -0.39 is 17.7 Å². The summed E-state index contributed by atoms with van der Waals surface area (Å²) in [6, 6.07) is 5.14. The van der Waals surface area contributed by atoms with E-state index in [1.807, 2.05) is 0 Å². The van der Waals surface area contributed by atoms with Gasteiger partial charge in [-0.05, 0) is 39.0 Å². The first-order valence-electron chi connectivity index (χ1n) is 6.49. The summed E-state index contributed by atoms with van der Waals surface area (Å²) in [6.07, 6.45) is 2.79. The molecule has 6 nitrogen and oxygen atoms in total. The molecule has 2 heterocycles. The standard InChI is InChI=1S/C15H18N2O4/c1-15(2,3)21-14(19)17-7-5-6-12(17)10-8-11(16-9-10)13(18)20-4/h5-9,16H,1-4H3. The minimum atomic E-state index is -0.575. The van der Waals surface area contributed by atoms with E-state index in [9.17, 15) is 9.59 Å². The van der Waals surface area contributed by atoms with Crippen LogP contribution in [-0.4, -0.2) is 34.3 Å². The number of aromatic amines is 1. The molecule has 0 amide bonds. The van der Waals surface area contributed by atoms with Gasteiger partial charge in [-0.1, -0.05) is 0 Å². The number of nitrogens with one attached hydrogen (secondary N) is 1. The van der Waals surface area contributed by atoms with Crippen molar-refractivity contribution in [1.29, 1.82) is 0 Å². The van der Waals surface area contributed by atoms with Crippen LogP contribution in [0.5, 0.6) is 0 Å². The fraction of sp³-hybridized carbons (Fsp3) is 0.333. The number of aromatic nitrogens is 2. The molecule has 0 spiro atoms. The molecule has 0 unspecified atom stereocenters. The summed E-state index contributed by atoms with van der Waals surface area (Å²) in [6.45, 7) is 5.42. The molecule has 0 bridgehead atoms. The number of methoxy groups -OCH3 is 1. The summed E-state index contributed by atoms with van der Waals surface area (Å²) in [7, 11) is 1.31. The number of H-pyrrole nitrogens is 1. The molecular formula is C15H18N2O4. The van der Waals surface area contributed by atoms with E-state index in [0.717, 1.165) is 0 Å². The normalized spacial score (nSPS) is 11.2. The van der Waals surface area contributed by atoms with Crippen LogP contribution in [0.15, 0.2) is 30.6 Å². The van der Waals surface area contributed by atoms with Gasteiger partial charge in [0, 0.05) is 18.0 Å². The molecule has 2 aromatic heterocycles. The van der Waals surface area contributed by atoms with Crippen LogP contribution in [0.1, 0.15) is 31.3 Å². The van der Waals surface area contributed by atoms with E-state index in [0.29, 0.717) is 17.0 Å². The maximum atomic E-state index is 12.2. The Kier molecular flexibility index (Phi) is 3.88. The van der Waals surface area contributed by atoms with Gasteiger partial charge in [-0.3, -0.25) is 4.57 Å². The summed E-state index contributed by atoms with van der Waals surface area (Å²) in [5, 5.41) is 0. The molecule has 0 aliphatic carbocycles. The van der Waals surface area contributed by atoms with Gasteiger partial charge in [0.15, 0.2) is 0 Å². The fourth-order valence-corrected chi connectivity index (χ4v) is 1.86. The van der Waals surface area contributed by atoms with Gasteiger partial charge in [-0.25, -0.2) is 9.59 Å². The molecule has 1 N–H and O–H groups in total. The van der Waals surface area contributed by atoms with Crippen molar-refractivity contribution in [2.45, 2.75) is 26.4 Å². The fourth-order valence-electron chi connectivity index (χ4n) is 1.86. The van der Waals surface area contributed by atoms with E-state index in [-0.39, 0.29) is 0 Å². The van der Waals surface area contributed by atoms with Crippen LogP contribution in [0.4, 0.5) is 4.79 Å². The van der Waals surface area contributed by atoms with Gasteiger partial charge in [-0.2, -0.15) is 0 Å². The van der Waals surface area contributed by atoms with Crippen LogP contribution < -0.4 is 0 Å². The van der Waals surface area contributed by atoms with Crippen molar-refractivity contribution in [3.05, 3.63) is 36.3 Å². The van der Waals surface area contributed by atoms with Crippen molar-refractivity contribution in [1.82, 2.24) is 9.55 Å². The van der Waals surface area contributed by atoms with Gasteiger partial charge in [-0.15, -0.1) is 0 Å². The van der Waals surface area contributed by atoms with Crippen LogP contribution >= 0.6 is 0 Å². The zero-order valence-electron chi connectivity index (χ0n) is 12.5. The van der Waals surface area contributed by atoms with Gasteiger partial charge < -0.3 is 14.5 Å². The molecule has 0 radical (unpaired) electrons.